The van der Waals surface area contributed by atoms with Crippen molar-refractivity contribution in [2.45, 2.75) is 13.5 Å². The Balaban J connectivity index is 2.07. The number of methoxy groups -OCH3 is 1. The second-order valence-corrected chi connectivity index (χ2v) is 5.55. The van der Waals surface area contributed by atoms with Crippen LogP contribution in [0.1, 0.15) is 11.1 Å². The van der Waals surface area contributed by atoms with Gasteiger partial charge in [0.05, 0.1) is 11.6 Å². The van der Waals surface area contributed by atoms with Gasteiger partial charge in [-0.3, -0.25) is 0 Å². The molecule has 0 unspecified atom stereocenters. The van der Waals surface area contributed by atoms with E-state index in [9.17, 15) is 0 Å². The maximum atomic E-state index is 6.11. The van der Waals surface area contributed by atoms with Crippen LogP contribution in [-0.4, -0.2) is 7.11 Å². The summed E-state index contributed by atoms with van der Waals surface area (Å²) in [6, 6.07) is 12.0. The van der Waals surface area contributed by atoms with Crippen LogP contribution < -0.4 is 10.1 Å². The van der Waals surface area contributed by atoms with Crippen molar-refractivity contribution < 1.29 is 4.74 Å². The molecule has 0 aliphatic carbocycles. The zero-order chi connectivity index (χ0) is 13.8. The van der Waals surface area contributed by atoms with E-state index in [1.165, 1.54) is 0 Å². The zero-order valence-corrected chi connectivity index (χ0v) is 13.2. The van der Waals surface area contributed by atoms with Gasteiger partial charge in [0.25, 0.3) is 0 Å². The molecule has 0 atom stereocenters. The number of rotatable bonds is 4. The molecule has 0 aromatic heterocycles. The van der Waals surface area contributed by atoms with Crippen molar-refractivity contribution in [3.05, 3.63) is 57.0 Å². The molecule has 19 heavy (non-hydrogen) atoms. The van der Waals surface area contributed by atoms with Crippen molar-refractivity contribution >= 4 is 33.2 Å². The van der Waals surface area contributed by atoms with Gasteiger partial charge in [-0.05, 0) is 52.2 Å². The normalized spacial score (nSPS) is 10.3. The summed E-state index contributed by atoms with van der Waals surface area (Å²) < 4.78 is 6.21. The lowest BCUT2D eigenvalue weighted by atomic mass is 10.1. The fourth-order valence-electron chi connectivity index (χ4n) is 1.72. The van der Waals surface area contributed by atoms with E-state index in [1.54, 1.807) is 7.11 Å². The third-order valence-electron chi connectivity index (χ3n) is 2.88. The molecule has 0 saturated carbocycles. The average molecular weight is 341 g/mol. The van der Waals surface area contributed by atoms with Gasteiger partial charge in [-0.1, -0.05) is 23.7 Å². The summed E-state index contributed by atoms with van der Waals surface area (Å²) in [4.78, 5) is 0. The molecular formula is C15H15BrClNO. The minimum absolute atomic E-state index is 0.727. The van der Waals surface area contributed by atoms with Gasteiger partial charge in [0.2, 0.25) is 0 Å². The van der Waals surface area contributed by atoms with E-state index < -0.39 is 0 Å². The third kappa shape index (κ3) is 3.64. The highest BCUT2D eigenvalue weighted by molar-refractivity contribution is 9.10. The molecule has 0 bridgehead atoms. The third-order valence-corrected chi connectivity index (χ3v) is 3.95. The Kier molecular flexibility index (Phi) is 4.72. The van der Waals surface area contributed by atoms with Gasteiger partial charge in [0.1, 0.15) is 5.75 Å². The van der Waals surface area contributed by atoms with Gasteiger partial charge in [-0.2, -0.15) is 0 Å². The summed E-state index contributed by atoms with van der Waals surface area (Å²) >= 11 is 9.54. The van der Waals surface area contributed by atoms with E-state index in [0.29, 0.717) is 0 Å². The van der Waals surface area contributed by atoms with Crippen LogP contribution in [0.5, 0.6) is 5.75 Å². The number of anilines is 1. The summed E-state index contributed by atoms with van der Waals surface area (Å²) in [7, 11) is 1.66. The summed E-state index contributed by atoms with van der Waals surface area (Å²) in [6.07, 6.45) is 0. The molecule has 0 amide bonds. The molecule has 2 nitrogen and oxygen atoms in total. The lowest BCUT2D eigenvalue weighted by molar-refractivity contribution is 0.412. The molecule has 100 valence electrons. The number of hydrogen-bond acceptors (Lipinski definition) is 2. The molecule has 0 spiro atoms. The quantitative estimate of drug-likeness (QED) is 0.842. The van der Waals surface area contributed by atoms with E-state index in [4.69, 9.17) is 16.3 Å². The van der Waals surface area contributed by atoms with Crippen LogP contribution in [0.3, 0.4) is 0 Å². The smallest absolute Gasteiger partial charge is 0.135 e. The first-order valence-corrected chi connectivity index (χ1v) is 7.09. The molecule has 0 heterocycles. The number of benzene rings is 2. The summed E-state index contributed by atoms with van der Waals surface area (Å²) in [6.45, 7) is 2.73. The molecule has 0 radical (unpaired) electrons. The Morgan fingerprint density at radius 3 is 2.68 bits per heavy atom. The fraction of sp³-hybridized carbons (Fsp3) is 0.200. The SMILES string of the molecule is COc1cc(NCc2ccc(C)c(Cl)c2)ccc1Br. The highest BCUT2D eigenvalue weighted by Gasteiger charge is 2.02. The van der Waals surface area contributed by atoms with Crippen LogP contribution in [0.25, 0.3) is 0 Å². The summed E-state index contributed by atoms with van der Waals surface area (Å²) in [5.74, 6) is 0.812. The van der Waals surface area contributed by atoms with Gasteiger partial charge in [-0.25, -0.2) is 0 Å². The first-order valence-electron chi connectivity index (χ1n) is 5.92. The number of ether oxygens (including phenoxy) is 1. The Morgan fingerprint density at radius 1 is 1.21 bits per heavy atom. The van der Waals surface area contributed by atoms with Crippen LogP contribution in [-0.2, 0) is 6.54 Å². The van der Waals surface area contributed by atoms with Gasteiger partial charge in [0.15, 0.2) is 0 Å². The lowest BCUT2D eigenvalue weighted by Gasteiger charge is -2.10. The average Bonchev–Trinajstić information content (AvgIpc) is 2.41. The fourth-order valence-corrected chi connectivity index (χ4v) is 2.33. The van der Waals surface area contributed by atoms with Crippen LogP contribution in [0.15, 0.2) is 40.9 Å². The van der Waals surface area contributed by atoms with Crippen LogP contribution in [0.2, 0.25) is 5.02 Å². The minimum Gasteiger partial charge on any atom is -0.495 e. The van der Waals surface area contributed by atoms with E-state index in [0.717, 1.165) is 38.6 Å². The largest absolute Gasteiger partial charge is 0.495 e. The second kappa shape index (κ2) is 6.31. The Bertz CT molecular complexity index is 586. The van der Waals surface area contributed by atoms with Crippen molar-refractivity contribution in [2.24, 2.45) is 0 Å². The van der Waals surface area contributed by atoms with E-state index in [2.05, 4.69) is 27.3 Å². The topological polar surface area (TPSA) is 21.3 Å². The van der Waals surface area contributed by atoms with E-state index in [-0.39, 0.29) is 0 Å². The maximum absolute atomic E-state index is 6.11. The van der Waals surface area contributed by atoms with E-state index in [1.807, 2.05) is 37.3 Å². The molecule has 2 aromatic carbocycles. The van der Waals surface area contributed by atoms with Crippen molar-refractivity contribution in [1.29, 1.82) is 0 Å². The first kappa shape index (κ1) is 14.2. The Labute approximate surface area is 126 Å². The lowest BCUT2D eigenvalue weighted by Crippen LogP contribution is -2.00. The van der Waals surface area contributed by atoms with Crippen molar-refractivity contribution in [3.8, 4) is 5.75 Å². The van der Waals surface area contributed by atoms with E-state index >= 15 is 0 Å². The molecular weight excluding hydrogens is 326 g/mol. The van der Waals surface area contributed by atoms with Gasteiger partial charge < -0.3 is 10.1 Å². The number of hydrogen-bond donors (Lipinski definition) is 1. The summed E-state index contributed by atoms with van der Waals surface area (Å²) in [5, 5.41) is 4.15. The summed E-state index contributed by atoms with van der Waals surface area (Å²) in [5.41, 5.74) is 3.25. The number of nitrogens with one attached hydrogen (secondary N) is 1. The molecule has 1 N–H and O–H groups in total. The highest BCUT2D eigenvalue weighted by Crippen LogP contribution is 2.28. The molecule has 0 fully saturated rings. The molecule has 0 saturated heterocycles. The molecule has 0 aliphatic heterocycles. The number of aryl methyl sites for hydroxylation is 1. The van der Waals surface area contributed by atoms with Crippen LogP contribution in [0.4, 0.5) is 5.69 Å². The van der Waals surface area contributed by atoms with Gasteiger partial charge >= 0.3 is 0 Å². The molecule has 2 aromatic rings. The van der Waals surface area contributed by atoms with Crippen molar-refractivity contribution in [2.75, 3.05) is 12.4 Å². The zero-order valence-electron chi connectivity index (χ0n) is 10.8. The highest BCUT2D eigenvalue weighted by atomic mass is 79.9. The second-order valence-electron chi connectivity index (χ2n) is 4.29. The maximum Gasteiger partial charge on any atom is 0.135 e. The first-order chi connectivity index (χ1) is 9.10. The minimum atomic E-state index is 0.727. The van der Waals surface area contributed by atoms with Crippen molar-refractivity contribution in [3.63, 3.8) is 0 Å². The van der Waals surface area contributed by atoms with Crippen molar-refractivity contribution in [1.82, 2.24) is 0 Å². The number of halogens is 2. The van der Waals surface area contributed by atoms with Crippen LogP contribution >= 0.6 is 27.5 Å². The monoisotopic (exact) mass is 339 g/mol. The van der Waals surface area contributed by atoms with Gasteiger partial charge in [-0.15, -0.1) is 0 Å². The molecule has 4 heteroatoms. The Hall–Kier alpha value is -1.19. The Morgan fingerprint density at radius 2 is 2.00 bits per heavy atom. The predicted octanol–water partition coefficient (Wildman–Crippen LogP) is 5.03. The van der Waals surface area contributed by atoms with Gasteiger partial charge in [0, 0.05) is 23.3 Å². The predicted molar refractivity (Wildman–Crippen MR) is 84.2 cm³/mol. The van der Waals surface area contributed by atoms with Crippen LogP contribution in [0, 0.1) is 6.92 Å². The molecule has 0 aliphatic rings. The molecule has 2 rings (SSSR count). The standard InChI is InChI=1S/C15H15BrClNO/c1-10-3-4-11(7-14(10)17)9-18-12-5-6-13(16)15(8-12)19-2/h3-8,18H,9H2,1-2H3.